The Morgan fingerprint density at radius 3 is 1.75 bits per heavy atom. The van der Waals surface area contributed by atoms with Crippen molar-refractivity contribution in [2.24, 2.45) is 0 Å². The fourth-order valence-electron chi connectivity index (χ4n) is 2.48. The zero-order chi connectivity index (χ0) is 21.4. The van der Waals surface area contributed by atoms with Crippen molar-refractivity contribution in [1.29, 1.82) is 0 Å². The second-order valence-electron chi connectivity index (χ2n) is 5.77. The number of carbonyl (C=O) groups is 5. The number of aliphatic carboxylic acids is 1. The topological polar surface area (TPSA) is 161 Å². The molecule has 0 aromatic carbocycles. The van der Waals surface area contributed by atoms with Crippen LogP contribution in [0.15, 0.2) is 0 Å². The third-order valence-corrected chi connectivity index (χ3v) is 3.32. The van der Waals surface area contributed by atoms with Gasteiger partial charge in [0.1, 0.15) is 19.3 Å². The van der Waals surface area contributed by atoms with Crippen molar-refractivity contribution in [3.63, 3.8) is 0 Å². The van der Waals surface area contributed by atoms with Gasteiger partial charge in [-0.15, -0.1) is 0 Å². The number of carboxylic acids is 1. The van der Waals surface area contributed by atoms with Crippen LogP contribution in [-0.4, -0.2) is 78.9 Å². The van der Waals surface area contributed by atoms with E-state index in [-0.39, 0.29) is 0 Å². The van der Waals surface area contributed by atoms with Gasteiger partial charge in [-0.05, 0) is 0 Å². The van der Waals surface area contributed by atoms with E-state index in [1.54, 1.807) is 0 Å². The minimum Gasteiger partial charge on any atom is -0.480 e. The number of hydrogen-bond donors (Lipinski definition) is 1. The summed E-state index contributed by atoms with van der Waals surface area (Å²) in [7, 11) is 0. The lowest BCUT2D eigenvalue weighted by Gasteiger charge is -2.43. The molecule has 12 heteroatoms. The molecule has 0 aliphatic carbocycles. The Morgan fingerprint density at radius 1 is 0.786 bits per heavy atom. The Hall–Kier alpha value is -2.73. The maximum absolute atomic E-state index is 11.6. The first-order valence-electron chi connectivity index (χ1n) is 8.15. The number of esters is 4. The molecular formula is C16H22O12. The van der Waals surface area contributed by atoms with Crippen LogP contribution in [0.25, 0.3) is 0 Å². The first-order valence-corrected chi connectivity index (χ1v) is 8.15. The third-order valence-electron chi connectivity index (χ3n) is 3.32. The Bertz CT molecular complexity index is 571. The van der Waals surface area contributed by atoms with Gasteiger partial charge < -0.3 is 33.5 Å². The molecule has 1 aliphatic rings. The molecule has 1 fully saturated rings. The Balaban J connectivity index is 3.26. The summed E-state index contributed by atoms with van der Waals surface area (Å²) in [5, 5.41) is 8.82. The van der Waals surface area contributed by atoms with Crippen molar-refractivity contribution in [2.75, 3.05) is 13.2 Å². The molecule has 12 nitrogen and oxygen atoms in total. The summed E-state index contributed by atoms with van der Waals surface area (Å²) >= 11 is 0. The van der Waals surface area contributed by atoms with Crippen LogP contribution in [0.1, 0.15) is 27.7 Å². The molecule has 158 valence electrons. The van der Waals surface area contributed by atoms with Crippen molar-refractivity contribution in [3.05, 3.63) is 0 Å². The number of rotatable bonds is 8. The van der Waals surface area contributed by atoms with Gasteiger partial charge in [-0.3, -0.25) is 19.2 Å². The normalized spacial score (nSPS) is 26.6. The van der Waals surface area contributed by atoms with Gasteiger partial charge >= 0.3 is 29.8 Å². The molecule has 1 rings (SSSR count). The summed E-state index contributed by atoms with van der Waals surface area (Å²) in [6.07, 6.45) is -6.87. The van der Waals surface area contributed by atoms with E-state index < -0.39 is 73.8 Å². The number of ether oxygens (including phenoxy) is 6. The molecule has 1 N–H and O–H groups in total. The van der Waals surface area contributed by atoms with E-state index in [9.17, 15) is 24.0 Å². The van der Waals surface area contributed by atoms with E-state index in [1.165, 1.54) is 0 Å². The second kappa shape index (κ2) is 10.6. The van der Waals surface area contributed by atoms with Crippen LogP contribution < -0.4 is 0 Å². The molecule has 0 radical (unpaired) electrons. The van der Waals surface area contributed by atoms with E-state index in [1.807, 2.05) is 0 Å². The Kier molecular flexibility index (Phi) is 8.79. The van der Waals surface area contributed by atoms with Crippen molar-refractivity contribution < 1.29 is 57.5 Å². The van der Waals surface area contributed by atoms with E-state index in [0.717, 1.165) is 27.7 Å². The number of carboxylic acid groups (broad SMARTS) is 1. The summed E-state index contributed by atoms with van der Waals surface area (Å²) in [4.78, 5) is 56.5. The zero-order valence-corrected chi connectivity index (χ0v) is 15.7. The molecule has 28 heavy (non-hydrogen) atoms. The van der Waals surface area contributed by atoms with Crippen LogP contribution in [0.3, 0.4) is 0 Å². The third kappa shape index (κ3) is 7.48. The predicted octanol–water partition coefficient (Wildman–Crippen LogP) is -0.829. The molecule has 1 heterocycles. The Morgan fingerprint density at radius 2 is 1.29 bits per heavy atom. The van der Waals surface area contributed by atoms with Crippen molar-refractivity contribution >= 4 is 29.8 Å². The lowest BCUT2D eigenvalue weighted by molar-refractivity contribution is -0.307. The molecule has 0 spiro atoms. The van der Waals surface area contributed by atoms with Gasteiger partial charge in [-0.1, -0.05) is 0 Å². The molecule has 0 aromatic rings. The summed E-state index contributed by atoms with van der Waals surface area (Å²) in [6.45, 7) is 3.09. The molecule has 1 aliphatic heterocycles. The molecule has 0 amide bonds. The summed E-state index contributed by atoms with van der Waals surface area (Å²) in [6, 6.07) is 0. The van der Waals surface area contributed by atoms with Crippen LogP contribution in [0.5, 0.6) is 0 Å². The highest BCUT2D eigenvalue weighted by molar-refractivity contribution is 5.69. The quantitative estimate of drug-likeness (QED) is 0.394. The van der Waals surface area contributed by atoms with Crippen LogP contribution in [0, 0.1) is 0 Å². The zero-order valence-electron chi connectivity index (χ0n) is 15.7. The summed E-state index contributed by atoms with van der Waals surface area (Å²) < 4.78 is 30.8. The molecule has 0 bridgehead atoms. The minimum absolute atomic E-state index is 0.426. The van der Waals surface area contributed by atoms with Gasteiger partial charge in [-0.2, -0.15) is 0 Å². The highest BCUT2D eigenvalue weighted by atomic mass is 16.7. The van der Waals surface area contributed by atoms with Crippen LogP contribution >= 0.6 is 0 Å². The Labute approximate surface area is 159 Å². The maximum Gasteiger partial charge on any atom is 0.329 e. The molecule has 0 saturated carbocycles. The number of hydrogen-bond acceptors (Lipinski definition) is 11. The van der Waals surface area contributed by atoms with Gasteiger partial charge in [0.05, 0.1) is 0 Å². The highest BCUT2D eigenvalue weighted by Gasteiger charge is 2.52. The fourth-order valence-corrected chi connectivity index (χ4v) is 2.48. The van der Waals surface area contributed by atoms with E-state index in [2.05, 4.69) is 0 Å². The van der Waals surface area contributed by atoms with Crippen molar-refractivity contribution in [3.8, 4) is 0 Å². The first kappa shape index (κ1) is 23.3. The van der Waals surface area contributed by atoms with E-state index >= 15 is 0 Å². The van der Waals surface area contributed by atoms with Gasteiger partial charge in [0.25, 0.3) is 0 Å². The largest absolute Gasteiger partial charge is 0.480 e. The van der Waals surface area contributed by atoms with Gasteiger partial charge in [-0.25, -0.2) is 4.79 Å². The van der Waals surface area contributed by atoms with Crippen molar-refractivity contribution in [1.82, 2.24) is 0 Å². The molecule has 5 atom stereocenters. The fraction of sp³-hybridized carbons (Fsp3) is 0.688. The monoisotopic (exact) mass is 406 g/mol. The van der Waals surface area contributed by atoms with Crippen LogP contribution in [0.4, 0.5) is 0 Å². The number of carbonyl (C=O) groups excluding carboxylic acids is 4. The minimum atomic E-state index is -1.50. The van der Waals surface area contributed by atoms with Crippen molar-refractivity contribution in [2.45, 2.75) is 58.4 Å². The second-order valence-corrected chi connectivity index (χ2v) is 5.77. The van der Waals surface area contributed by atoms with Crippen LogP contribution in [-0.2, 0) is 52.4 Å². The van der Waals surface area contributed by atoms with Gasteiger partial charge in [0.15, 0.2) is 24.6 Å². The standard InChI is InChI=1S/C16H22O12/c1-7(17)23-5-11-13(25-8(2)18)14(26-9(3)19)15(27-10(4)20)16(28-11)24-6-12(21)22/h11,13-16H,5-6H2,1-4H3,(H,21,22)/t11?,13-,14-,15?,16+/m1/s1. The van der Waals surface area contributed by atoms with E-state index in [4.69, 9.17) is 33.5 Å². The first-order chi connectivity index (χ1) is 13.0. The lowest BCUT2D eigenvalue weighted by Crippen LogP contribution is -2.63. The molecule has 1 saturated heterocycles. The average molecular weight is 406 g/mol. The maximum atomic E-state index is 11.6. The van der Waals surface area contributed by atoms with Crippen LogP contribution in [0.2, 0.25) is 0 Å². The lowest BCUT2D eigenvalue weighted by atomic mass is 9.98. The highest BCUT2D eigenvalue weighted by Crippen LogP contribution is 2.29. The summed E-state index contributed by atoms with van der Waals surface area (Å²) in [5.74, 6) is -4.39. The molecule has 0 aromatic heterocycles. The average Bonchev–Trinajstić information content (AvgIpc) is 2.54. The predicted molar refractivity (Wildman–Crippen MR) is 85.5 cm³/mol. The molecular weight excluding hydrogens is 384 g/mol. The summed E-state index contributed by atoms with van der Waals surface area (Å²) in [5.41, 5.74) is 0. The smallest absolute Gasteiger partial charge is 0.329 e. The molecule has 2 unspecified atom stereocenters. The SMILES string of the molecule is CC(=O)OCC1O[C@H](OCC(=O)O)C(OC(C)=O)[C@H](OC(C)=O)[C@@H]1OC(C)=O. The van der Waals surface area contributed by atoms with Gasteiger partial charge in [0, 0.05) is 27.7 Å². The van der Waals surface area contributed by atoms with E-state index in [0.29, 0.717) is 0 Å². The van der Waals surface area contributed by atoms with Gasteiger partial charge in [0.2, 0.25) is 0 Å².